The van der Waals surface area contributed by atoms with Crippen molar-refractivity contribution in [3.8, 4) is 0 Å². The van der Waals surface area contributed by atoms with Gasteiger partial charge in [0, 0.05) is 41.4 Å². The van der Waals surface area contributed by atoms with Crippen molar-refractivity contribution in [2.75, 3.05) is 18.4 Å². The van der Waals surface area contributed by atoms with Crippen molar-refractivity contribution in [3.63, 3.8) is 0 Å². The van der Waals surface area contributed by atoms with Gasteiger partial charge in [-0.2, -0.15) is 0 Å². The summed E-state index contributed by atoms with van der Waals surface area (Å²) in [5.74, 6) is 0.701. The number of thioether (sulfide) groups is 1. The summed E-state index contributed by atoms with van der Waals surface area (Å²) in [6, 6.07) is 7.78. The normalized spacial score (nSPS) is 14.6. The highest BCUT2D eigenvalue weighted by molar-refractivity contribution is 8.00. The average Bonchev–Trinajstić information content (AvgIpc) is 3.44. The van der Waals surface area contributed by atoms with Crippen LogP contribution in [0.5, 0.6) is 0 Å². The third-order valence-corrected chi connectivity index (χ3v) is 7.72. The molecule has 0 unspecified atom stereocenters. The van der Waals surface area contributed by atoms with Crippen LogP contribution in [0.25, 0.3) is 0 Å². The van der Waals surface area contributed by atoms with E-state index in [0.29, 0.717) is 36.6 Å². The molecule has 0 bridgehead atoms. The molecule has 1 aliphatic heterocycles. The Labute approximate surface area is 186 Å². The fourth-order valence-corrected chi connectivity index (χ4v) is 5.50. The molecule has 10 heteroatoms. The maximum absolute atomic E-state index is 12.8. The Hall–Kier alpha value is -2.30. The quantitative estimate of drug-likeness (QED) is 0.559. The summed E-state index contributed by atoms with van der Waals surface area (Å²) < 4.78 is 1.06. The molecule has 4 rings (SSSR count). The minimum Gasteiger partial charge on any atom is -0.339 e. The molecular weight excluding hydrogens is 438 g/mol. The van der Waals surface area contributed by atoms with E-state index < -0.39 is 0 Å². The minimum absolute atomic E-state index is 0.0210. The second-order valence-electron chi connectivity index (χ2n) is 7.04. The second kappa shape index (κ2) is 9.67. The van der Waals surface area contributed by atoms with Crippen LogP contribution in [-0.2, 0) is 10.5 Å². The van der Waals surface area contributed by atoms with E-state index in [4.69, 9.17) is 0 Å². The van der Waals surface area contributed by atoms with E-state index in [9.17, 15) is 9.59 Å². The van der Waals surface area contributed by atoms with Crippen LogP contribution in [0.3, 0.4) is 0 Å². The zero-order valence-corrected chi connectivity index (χ0v) is 18.9. The molecule has 156 valence electrons. The van der Waals surface area contributed by atoms with Gasteiger partial charge in [-0.25, -0.2) is 4.98 Å². The molecule has 2 amide bonds. The van der Waals surface area contributed by atoms with E-state index in [-0.39, 0.29) is 17.7 Å². The van der Waals surface area contributed by atoms with Gasteiger partial charge in [-0.15, -0.1) is 21.5 Å². The maximum atomic E-state index is 12.8. The van der Waals surface area contributed by atoms with Gasteiger partial charge in [-0.05, 0) is 37.5 Å². The topological polar surface area (TPSA) is 88.1 Å². The molecule has 0 spiro atoms. The Kier molecular flexibility index (Phi) is 6.76. The highest BCUT2D eigenvalue weighted by atomic mass is 32.2. The first kappa shape index (κ1) is 21.0. The summed E-state index contributed by atoms with van der Waals surface area (Å²) in [6.07, 6.45) is 1.30. The molecule has 2 aromatic heterocycles. The summed E-state index contributed by atoms with van der Waals surface area (Å²) in [6.45, 7) is 3.15. The van der Waals surface area contributed by atoms with E-state index >= 15 is 0 Å². The number of nitrogens with one attached hydrogen (secondary N) is 1. The van der Waals surface area contributed by atoms with Crippen molar-refractivity contribution in [2.24, 2.45) is 5.92 Å². The first-order chi connectivity index (χ1) is 14.6. The van der Waals surface area contributed by atoms with Gasteiger partial charge in [0.25, 0.3) is 5.91 Å². The standard InChI is InChI=1S/C20H21N5O2S3/c1-13-10-28-20(22-13)29-11-14-2-4-16(5-3-14)18(27)25-8-6-15(7-9-25)17(26)23-19-24-21-12-30-19/h2-5,10,12,15H,6-9,11H2,1H3,(H,23,24,26). The first-order valence-electron chi connectivity index (χ1n) is 9.58. The van der Waals surface area contributed by atoms with E-state index in [1.807, 2.05) is 41.5 Å². The smallest absolute Gasteiger partial charge is 0.253 e. The van der Waals surface area contributed by atoms with Crippen LogP contribution in [-0.4, -0.2) is 45.0 Å². The summed E-state index contributed by atoms with van der Waals surface area (Å²) in [5.41, 5.74) is 4.48. The first-order valence-corrected chi connectivity index (χ1v) is 12.3. The molecule has 30 heavy (non-hydrogen) atoms. The van der Waals surface area contributed by atoms with Gasteiger partial charge in [0.1, 0.15) is 9.85 Å². The fraction of sp³-hybridized carbons (Fsp3) is 0.350. The highest BCUT2D eigenvalue weighted by Gasteiger charge is 2.28. The number of rotatable bonds is 6. The number of amides is 2. The van der Waals surface area contributed by atoms with Gasteiger partial charge >= 0.3 is 0 Å². The SMILES string of the molecule is Cc1csc(SCc2ccc(C(=O)N3CCC(C(=O)Nc4nncs4)CC3)cc2)n1. The number of piperidine rings is 1. The number of carbonyl (C=O) groups excluding carboxylic acids is 2. The Morgan fingerprint density at radius 2 is 1.97 bits per heavy atom. The zero-order valence-electron chi connectivity index (χ0n) is 16.4. The van der Waals surface area contributed by atoms with Crippen molar-refractivity contribution < 1.29 is 9.59 Å². The predicted molar refractivity (Wildman–Crippen MR) is 120 cm³/mol. The van der Waals surface area contributed by atoms with Gasteiger partial charge in [0.05, 0.1) is 0 Å². The van der Waals surface area contributed by atoms with E-state index in [2.05, 4.69) is 20.5 Å². The van der Waals surface area contributed by atoms with Crippen LogP contribution in [0.1, 0.15) is 34.5 Å². The summed E-state index contributed by atoms with van der Waals surface area (Å²) >= 11 is 4.66. The number of anilines is 1. The van der Waals surface area contributed by atoms with Crippen LogP contribution in [0.4, 0.5) is 5.13 Å². The van der Waals surface area contributed by atoms with Crippen molar-refractivity contribution in [1.82, 2.24) is 20.1 Å². The number of likely N-dealkylation sites (tertiary alicyclic amines) is 1. The molecule has 0 aliphatic carbocycles. The summed E-state index contributed by atoms with van der Waals surface area (Å²) in [4.78, 5) is 31.4. The average molecular weight is 460 g/mol. The Morgan fingerprint density at radius 3 is 2.60 bits per heavy atom. The van der Waals surface area contributed by atoms with E-state index in [1.165, 1.54) is 11.3 Å². The largest absolute Gasteiger partial charge is 0.339 e. The van der Waals surface area contributed by atoms with Crippen molar-refractivity contribution in [3.05, 3.63) is 52.0 Å². The molecule has 1 saturated heterocycles. The zero-order chi connectivity index (χ0) is 20.9. The number of hydrogen-bond donors (Lipinski definition) is 1. The lowest BCUT2D eigenvalue weighted by molar-refractivity contribution is -0.121. The minimum atomic E-state index is -0.105. The van der Waals surface area contributed by atoms with Crippen molar-refractivity contribution in [2.45, 2.75) is 29.9 Å². The molecule has 0 radical (unpaired) electrons. The van der Waals surface area contributed by atoms with Gasteiger partial charge in [0.15, 0.2) is 0 Å². The molecule has 1 N–H and O–H groups in total. The predicted octanol–water partition coefficient (Wildman–Crippen LogP) is 4.09. The monoisotopic (exact) mass is 459 g/mol. The third-order valence-electron chi connectivity index (χ3n) is 4.90. The van der Waals surface area contributed by atoms with Gasteiger partial charge in [-0.3, -0.25) is 9.59 Å². The van der Waals surface area contributed by atoms with E-state index in [1.54, 1.807) is 28.6 Å². The number of benzene rings is 1. The van der Waals surface area contributed by atoms with Crippen LogP contribution in [0.15, 0.2) is 39.5 Å². The third kappa shape index (κ3) is 5.24. The fourth-order valence-electron chi connectivity index (χ4n) is 3.25. The lowest BCUT2D eigenvalue weighted by Crippen LogP contribution is -2.41. The van der Waals surface area contributed by atoms with Crippen LogP contribution >= 0.6 is 34.4 Å². The van der Waals surface area contributed by atoms with Crippen LogP contribution in [0.2, 0.25) is 0 Å². The Bertz CT molecular complexity index is 996. The number of nitrogens with zero attached hydrogens (tertiary/aromatic N) is 4. The molecule has 1 aromatic carbocycles. The lowest BCUT2D eigenvalue weighted by atomic mass is 9.95. The number of carbonyl (C=O) groups is 2. The molecule has 3 heterocycles. The molecule has 0 atom stereocenters. The maximum Gasteiger partial charge on any atom is 0.253 e. The molecular formula is C20H21N5O2S3. The van der Waals surface area contributed by atoms with Gasteiger partial charge in [-0.1, -0.05) is 35.2 Å². The second-order valence-corrected chi connectivity index (χ2v) is 9.95. The summed E-state index contributed by atoms with van der Waals surface area (Å²) in [5, 5.41) is 12.9. The molecule has 1 fully saturated rings. The molecule has 0 saturated carbocycles. The van der Waals surface area contributed by atoms with Crippen LogP contribution in [0, 0.1) is 12.8 Å². The number of aryl methyl sites for hydroxylation is 1. The highest BCUT2D eigenvalue weighted by Crippen LogP contribution is 2.26. The number of thiazole rings is 1. The lowest BCUT2D eigenvalue weighted by Gasteiger charge is -2.31. The summed E-state index contributed by atoms with van der Waals surface area (Å²) in [7, 11) is 0. The molecule has 7 nitrogen and oxygen atoms in total. The van der Waals surface area contributed by atoms with Gasteiger partial charge in [0.2, 0.25) is 11.0 Å². The number of aromatic nitrogens is 3. The van der Waals surface area contributed by atoms with E-state index in [0.717, 1.165) is 21.3 Å². The van der Waals surface area contributed by atoms with Crippen molar-refractivity contribution in [1.29, 1.82) is 0 Å². The van der Waals surface area contributed by atoms with Crippen LogP contribution < -0.4 is 5.32 Å². The molecule has 3 aromatic rings. The Balaban J connectivity index is 1.27. The Morgan fingerprint density at radius 1 is 1.20 bits per heavy atom. The molecule has 1 aliphatic rings. The van der Waals surface area contributed by atoms with Crippen molar-refractivity contribution >= 4 is 51.4 Å². The van der Waals surface area contributed by atoms with Gasteiger partial charge < -0.3 is 10.2 Å². The number of hydrogen-bond acceptors (Lipinski definition) is 8.